The molecule has 214 valence electrons. The zero-order valence-corrected chi connectivity index (χ0v) is 25.4. The summed E-state index contributed by atoms with van der Waals surface area (Å²) < 4.78 is 2.48. The van der Waals surface area contributed by atoms with E-state index in [4.69, 9.17) is 0 Å². The first kappa shape index (κ1) is 25.0. The average Bonchev–Trinajstić information content (AvgIpc) is 3.60. The molecule has 2 aromatic heterocycles. The molecule has 3 nitrogen and oxygen atoms in total. The molecule has 3 heteroatoms. The maximum Gasteiger partial charge on any atom is 0.0995 e. The van der Waals surface area contributed by atoms with Gasteiger partial charge in [-0.3, -0.25) is 0 Å². The van der Waals surface area contributed by atoms with E-state index < -0.39 is 0 Å². The lowest BCUT2D eigenvalue weighted by Gasteiger charge is -2.39. The Hall–Kier alpha value is -4.34. The van der Waals surface area contributed by atoms with Crippen molar-refractivity contribution in [2.24, 2.45) is 0 Å². The highest BCUT2D eigenvalue weighted by Crippen LogP contribution is 2.57. The number of benzene rings is 4. The van der Waals surface area contributed by atoms with Crippen molar-refractivity contribution >= 4 is 38.1 Å². The van der Waals surface area contributed by atoms with Gasteiger partial charge in [-0.1, -0.05) is 43.5 Å². The highest BCUT2D eigenvalue weighted by Gasteiger charge is 2.39. The summed E-state index contributed by atoms with van der Waals surface area (Å²) in [6, 6.07) is 21.3. The predicted molar refractivity (Wildman–Crippen MR) is 178 cm³/mol. The summed E-state index contributed by atoms with van der Waals surface area (Å²) in [5.41, 5.74) is 16.5. The second kappa shape index (κ2) is 8.86. The number of nitrogens with zero attached hydrogens (tertiary/aromatic N) is 3. The van der Waals surface area contributed by atoms with Crippen LogP contribution in [0.15, 0.2) is 42.5 Å². The van der Waals surface area contributed by atoms with E-state index in [1.165, 1.54) is 135 Å². The number of hydrogen-bond acceptors (Lipinski definition) is 2. The zero-order chi connectivity index (χ0) is 29.3. The number of fused-ring (bicyclic) bond motifs is 12. The van der Waals surface area contributed by atoms with Crippen LogP contribution in [0.4, 0.5) is 0 Å². The Morgan fingerprint density at radius 3 is 2.07 bits per heavy atom. The summed E-state index contributed by atoms with van der Waals surface area (Å²) in [7, 11) is 0. The molecule has 0 spiro atoms. The van der Waals surface area contributed by atoms with Crippen LogP contribution in [0.3, 0.4) is 0 Å². The molecular formula is C41H35N3. The molecule has 4 aromatic carbocycles. The molecule has 44 heavy (non-hydrogen) atoms. The highest BCUT2D eigenvalue weighted by molar-refractivity contribution is 6.27. The van der Waals surface area contributed by atoms with E-state index >= 15 is 0 Å². The van der Waals surface area contributed by atoms with E-state index in [0.29, 0.717) is 17.8 Å². The monoisotopic (exact) mass is 569 g/mol. The van der Waals surface area contributed by atoms with Gasteiger partial charge in [0, 0.05) is 21.5 Å². The van der Waals surface area contributed by atoms with E-state index in [1.54, 1.807) is 0 Å². The minimum atomic E-state index is 0.460. The van der Waals surface area contributed by atoms with Crippen molar-refractivity contribution in [3.8, 4) is 23.3 Å². The third-order valence-corrected chi connectivity index (χ3v) is 12.4. The van der Waals surface area contributed by atoms with Crippen LogP contribution in [-0.2, 0) is 12.8 Å². The first-order valence-corrected chi connectivity index (χ1v) is 17.0. The van der Waals surface area contributed by atoms with Gasteiger partial charge in [0.05, 0.1) is 39.8 Å². The van der Waals surface area contributed by atoms with E-state index in [1.807, 2.05) is 0 Å². The van der Waals surface area contributed by atoms with Gasteiger partial charge in [0.15, 0.2) is 0 Å². The Morgan fingerprint density at radius 1 is 0.659 bits per heavy atom. The molecular weight excluding hydrogens is 534 g/mol. The molecule has 5 aliphatic rings. The van der Waals surface area contributed by atoms with Crippen LogP contribution < -0.4 is 0 Å². The standard InChI is InChI=1S/C41H35N3/c1-22-35(24-8-3-2-4-9-24)27(20-42)17-33-36(22)32-19-31-29-10-6-5-7-23(29)15-16-30(31)39-40-34(44(33)41(32)39)18-28(21-43)37-25-11-13-26(14-12-25)38(37)40/h5-7,10,17-19,24-26H,2-4,8-9,11-16H2,1H3. The molecule has 2 saturated carbocycles. The fourth-order valence-electron chi connectivity index (χ4n) is 10.6. The van der Waals surface area contributed by atoms with Crippen molar-refractivity contribution in [3.05, 3.63) is 87.0 Å². The third kappa shape index (κ3) is 3.01. The van der Waals surface area contributed by atoms with Crippen molar-refractivity contribution < 1.29 is 0 Å². The highest BCUT2D eigenvalue weighted by atomic mass is 14.9. The topological polar surface area (TPSA) is 52.0 Å². The summed E-state index contributed by atoms with van der Waals surface area (Å²) in [5, 5.41) is 26.6. The minimum absolute atomic E-state index is 0.460. The molecule has 0 amide bonds. The number of aryl methyl sites for hydroxylation is 3. The Labute approximate surface area is 258 Å². The molecule has 6 aromatic rings. The number of hydrogen-bond donors (Lipinski definition) is 0. The lowest BCUT2D eigenvalue weighted by Crippen LogP contribution is -2.23. The first-order valence-electron chi connectivity index (χ1n) is 17.0. The normalized spacial score (nSPS) is 21.1. The quantitative estimate of drug-likeness (QED) is 0.198. The SMILES string of the molecule is Cc1c(C2CCCCC2)c(C#N)cc2c1c1cc3c(c4c5c6c(c(C#N)cc5n2c14)C1CCC6CC1)CCc1ccccc1-3. The molecule has 5 aliphatic carbocycles. The summed E-state index contributed by atoms with van der Waals surface area (Å²) in [4.78, 5) is 0. The second-order valence-corrected chi connectivity index (χ2v) is 14.3. The largest absolute Gasteiger partial charge is 0.308 e. The van der Waals surface area contributed by atoms with Gasteiger partial charge in [0.1, 0.15) is 0 Å². The summed E-state index contributed by atoms with van der Waals surface area (Å²) in [6.07, 6.45) is 13.2. The van der Waals surface area contributed by atoms with Gasteiger partial charge >= 0.3 is 0 Å². The van der Waals surface area contributed by atoms with Crippen molar-refractivity contribution in [1.29, 1.82) is 10.5 Å². The Bertz CT molecular complexity index is 2310. The molecule has 2 heterocycles. The molecule has 2 bridgehead atoms. The van der Waals surface area contributed by atoms with Crippen LogP contribution in [0, 0.1) is 29.6 Å². The average molecular weight is 570 g/mol. The lowest BCUT2D eigenvalue weighted by molar-refractivity contribution is 0.360. The van der Waals surface area contributed by atoms with Crippen molar-refractivity contribution in [2.45, 2.75) is 95.3 Å². The molecule has 0 atom stereocenters. The van der Waals surface area contributed by atoms with Crippen LogP contribution >= 0.6 is 0 Å². The molecule has 0 aliphatic heterocycles. The number of rotatable bonds is 1. The zero-order valence-electron chi connectivity index (χ0n) is 25.4. The number of nitriles is 2. The summed E-state index contributed by atoms with van der Waals surface area (Å²) >= 11 is 0. The van der Waals surface area contributed by atoms with Gasteiger partial charge < -0.3 is 4.40 Å². The third-order valence-electron chi connectivity index (χ3n) is 12.4. The molecule has 11 rings (SSSR count). The van der Waals surface area contributed by atoms with Gasteiger partial charge in [-0.25, -0.2) is 0 Å². The van der Waals surface area contributed by atoms with Crippen LogP contribution in [0.25, 0.3) is 49.2 Å². The van der Waals surface area contributed by atoms with Gasteiger partial charge in [0.25, 0.3) is 0 Å². The second-order valence-electron chi connectivity index (χ2n) is 14.3. The molecule has 0 N–H and O–H groups in total. The lowest BCUT2D eigenvalue weighted by atomic mass is 9.64. The van der Waals surface area contributed by atoms with Crippen molar-refractivity contribution in [3.63, 3.8) is 0 Å². The fraction of sp³-hybridized carbons (Fsp3) is 0.366. The molecule has 2 fully saturated rings. The maximum absolute atomic E-state index is 10.6. The van der Waals surface area contributed by atoms with Crippen LogP contribution in [0.1, 0.15) is 120 Å². The minimum Gasteiger partial charge on any atom is -0.308 e. The van der Waals surface area contributed by atoms with Crippen molar-refractivity contribution in [1.82, 2.24) is 4.40 Å². The Morgan fingerprint density at radius 2 is 1.32 bits per heavy atom. The smallest absolute Gasteiger partial charge is 0.0995 e. The number of aromatic nitrogens is 1. The summed E-state index contributed by atoms with van der Waals surface area (Å²) in [6.45, 7) is 2.29. The van der Waals surface area contributed by atoms with E-state index in [-0.39, 0.29) is 0 Å². The molecule has 0 radical (unpaired) electrons. The Balaban J connectivity index is 1.45. The van der Waals surface area contributed by atoms with Crippen LogP contribution in [-0.4, -0.2) is 4.40 Å². The molecule has 0 unspecified atom stereocenters. The van der Waals surface area contributed by atoms with Gasteiger partial charge in [0.2, 0.25) is 0 Å². The predicted octanol–water partition coefficient (Wildman–Crippen LogP) is 10.5. The van der Waals surface area contributed by atoms with Crippen LogP contribution in [0.2, 0.25) is 0 Å². The van der Waals surface area contributed by atoms with E-state index in [2.05, 4.69) is 65.9 Å². The summed E-state index contributed by atoms with van der Waals surface area (Å²) in [5.74, 6) is 1.50. The Kier molecular flexibility index (Phi) is 5.04. The van der Waals surface area contributed by atoms with Gasteiger partial charge in [-0.15, -0.1) is 0 Å². The maximum atomic E-state index is 10.6. The van der Waals surface area contributed by atoms with Gasteiger partial charge in [-0.2, -0.15) is 10.5 Å². The van der Waals surface area contributed by atoms with Crippen molar-refractivity contribution in [2.75, 3.05) is 0 Å². The first-order chi connectivity index (χ1) is 21.7. The fourth-order valence-corrected chi connectivity index (χ4v) is 10.6. The van der Waals surface area contributed by atoms with E-state index in [0.717, 1.165) is 29.5 Å². The molecule has 0 saturated heterocycles. The van der Waals surface area contributed by atoms with Gasteiger partial charge in [-0.05, 0) is 139 Å². The van der Waals surface area contributed by atoms with E-state index in [9.17, 15) is 10.5 Å². The van der Waals surface area contributed by atoms with Crippen LogP contribution in [0.5, 0.6) is 0 Å².